The third-order valence-corrected chi connectivity index (χ3v) is 6.39. The van der Waals surface area contributed by atoms with Gasteiger partial charge in [-0.3, -0.25) is 0 Å². The van der Waals surface area contributed by atoms with Crippen molar-refractivity contribution in [2.24, 2.45) is 0 Å². The number of hydrogen-bond donors (Lipinski definition) is 0. The molecule has 1 aliphatic carbocycles. The van der Waals surface area contributed by atoms with Gasteiger partial charge in [0.05, 0.1) is 0 Å². The lowest BCUT2D eigenvalue weighted by Crippen LogP contribution is -2.01. The average molecular weight is 488 g/mol. The molecule has 0 aliphatic heterocycles. The summed E-state index contributed by atoms with van der Waals surface area (Å²) < 4.78 is 0.979. The SMILES string of the molecule is C=C1c2ccccc2-c2cccc(-c3nc(-c4ccccc4)nc(-c4cccc(Br)c4)n3)c21. The maximum atomic E-state index is 4.93. The normalized spacial score (nSPS) is 11.8. The summed E-state index contributed by atoms with van der Waals surface area (Å²) in [6.07, 6.45) is 0. The lowest BCUT2D eigenvalue weighted by Gasteiger charge is -2.12. The largest absolute Gasteiger partial charge is 0.208 e. The van der Waals surface area contributed by atoms with Crippen molar-refractivity contribution in [1.29, 1.82) is 0 Å². The summed E-state index contributed by atoms with van der Waals surface area (Å²) in [6.45, 7) is 4.42. The Morgan fingerprint density at radius 3 is 1.88 bits per heavy atom. The second-order valence-corrected chi connectivity index (χ2v) is 8.85. The Kier molecular flexibility index (Phi) is 4.74. The molecule has 33 heavy (non-hydrogen) atoms. The Balaban J connectivity index is 1.60. The summed E-state index contributed by atoms with van der Waals surface area (Å²) in [7, 11) is 0. The first-order valence-electron chi connectivity index (χ1n) is 10.7. The fourth-order valence-electron chi connectivity index (χ4n) is 4.37. The Hall–Kier alpha value is -3.89. The maximum Gasteiger partial charge on any atom is 0.164 e. The molecular formula is C29H18BrN3. The number of rotatable bonds is 3. The van der Waals surface area contributed by atoms with Crippen molar-refractivity contribution in [1.82, 2.24) is 15.0 Å². The van der Waals surface area contributed by atoms with Crippen LogP contribution in [-0.2, 0) is 0 Å². The van der Waals surface area contributed by atoms with Gasteiger partial charge < -0.3 is 0 Å². The Bertz CT molecular complexity index is 1540. The molecule has 1 aliphatic rings. The standard InChI is InChI=1S/C29H18BrN3/c1-18-22-13-5-6-14-23(22)24-15-8-16-25(26(18)24)29-32-27(19-9-3-2-4-10-19)31-28(33-29)20-11-7-12-21(30)17-20/h2-17H,1H2. The monoisotopic (exact) mass is 487 g/mol. The zero-order valence-corrected chi connectivity index (χ0v) is 19.3. The molecule has 0 spiro atoms. The molecule has 0 fully saturated rings. The molecule has 0 radical (unpaired) electrons. The highest BCUT2D eigenvalue weighted by molar-refractivity contribution is 9.10. The van der Waals surface area contributed by atoms with E-state index >= 15 is 0 Å². The first-order chi connectivity index (χ1) is 16.2. The van der Waals surface area contributed by atoms with Crippen LogP contribution >= 0.6 is 15.9 Å². The number of benzene rings is 4. The first-order valence-corrected chi connectivity index (χ1v) is 11.5. The van der Waals surface area contributed by atoms with Crippen molar-refractivity contribution in [3.8, 4) is 45.3 Å². The molecule has 0 saturated carbocycles. The van der Waals surface area contributed by atoms with Gasteiger partial charge in [0, 0.05) is 26.7 Å². The molecule has 0 saturated heterocycles. The third kappa shape index (κ3) is 3.40. The van der Waals surface area contributed by atoms with Gasteiger partial charge in [-0.15, -0.1) is 0 Å². The quantitative estimate of drug-likeness (QED) is 0.257. The molecule has 0 amide bonds. The van der Waals surface area contributed by atoms with Gasteiger partial charge in [0.2, 0.25) is 0 Å². The fourth-order valence-corrected chi connectivity index (χ4v) is 4.77. The molecule has 1 aromatic heterocycles. The van der Waals surface area contributed by atoms with E-state index in [9.17, 15) is 0 Å². The highest BCUT2D eigenvalue weighted by atomic mass is 79.9. The number of nitrogens with zero attached hydrogens (tertiary/aromatic N) is 3. The molecular weight excluding hydrogens is 470 g/mol. The van der Waals surface area contributed by atoms with Gasteiger partial charge in [-0.1, -0.05) is 107 Å². The Labute approximate surface area is 200 Å². The van der Waals surface area contributed by atoms with Crippen LogP contribution in [0.1, 0.15) is 11.1 Å². The van der Waals surface area contributed by atoms with Crippen LogP contribution in [-0.4, -0.2) is 15.0 Å². The fraction of sp³-hybridized carbons (Fsp3) is 0. The number of halogens is 1. The molecule has 5 aromatic rings. The van der Waals surface area contributed by atoms with Crippen LogP contribution in [0.4, 0.5) is 0 Å². The summed E-state index contributed by atoms with van der Waals surface area (Å²) in [5.74, 6) is 1.93. The van der Waals surface area contributed by atoms with Gasteiger partial charge in [-0.25, -0.2) is 15.0 Å². The summed E-state index contributed by atoms with van der Waals surface area (Å²) >= 11 is 3.57. The lowest BCUT2D eigenvalue weighted by molar-refractivity contribution is 1.07. The maximum absolute atomic E-state index is 4.93. The molecule has 0 N–H and O–H groups in total. The van der Waals surface area contributed by atoms with Gasteiger partial charge in [-0.2, -0.15) is 0 Å². The van der Waals surface area contributed by atoms with Gasteiger partial charge in [0.1, 0.15) is 0 Å². The van der Waals surface area contributed by atoms with E-state index in [2.05, 4.69) is 65.0 Å². The molecule has 0 bridgehead atoms. The Morgan fingerprint density at radius 1 is 0.515 bits per heavy atom. The predicted octanol–water partition coefficient (Wildman–Crippen LogP) is 7.68. The van der Waals surface area contributed by atoms with E-state index in [0.29, 0.717) is 17.5 Å². The second-order valence-electron chi connectivity index (χ2n) is 7.93. The highest BCUT2D eigenvalue weighted by Crippen LogP contribution is 2.47. The highest BCUT2D eigenvalue weighted by Gasteiger charge is 2.26. The molecule has 4 heteroatoms. The summed E-state index contributed by atoms with van der Waals surface area (Å²) in [5, 5.41) is 0. The molecule has 1 heterocycles. The van der Waals surface area contributed by atoms with E-state index in [0.717, 1.165) is 37.9 Å². The van der Waals surface area contributed by atoms with Gasteiger partial charge in [0.15, 0.2) is 17.5 Å². The van der Waals surface area contributed by atoms with Crippen LogP contribution in [0.5, 0.6) is 0 Å². The molecule has 0 unspecified atom stereocenters. The van der Waals surface area contributed by atoms with Crippen molar-refractivity contribution in [2.45, 2.75) is 0 Å². The van der Waals surface area contributed by atoms with Crippen LogP contribution in [0.2, 0.25) is 0 Å². The van der Waals surface area contributed by atoms with E-state index in [-0.39, 0.29) is 0 Å². The van der Waals surface area contributed by atoms with Gasteiger partial charge >= 0.3 is 0 Å². The number of aromatic nitrogens is 3. The van der Waals surface area contributed by atoms with Crippen molar-refractivity contribution in [3.63, 3.8) is 0 Å². The Morgan fingerprint density at radius 2 is 1.09 bits per heavy atom. The number of hydrogen-bond acceptors (Lipinski definition) is 3. The molecule has 156 valence electrons. The van der Waals surface area contributed by atoms with Crippen molar-refractivity contribution >= 4 is 21.5 Å². The van der Waals surface area contributed by atoms with Crippen LogP contribution < -0.4 is 0 Å². The van der Waals surface area contributed by atoms with Crippen molar-refractivity contribution < 1.29 is 0 Å². The summed E-state index contributed by atoms with van der Waals surface area (Å²) in [6, 6.07) is 32.7. The molecule has 6 rings (SSSR count). The summed E-state index contributed by atoms with van der Waals surface area (Å²) in [4.78, 5) is 14.7. The van der Waals surface area contributed by atoms with Crippen molar-refractivity contribution in [3.05, 3.63) is 119 Å². The summed E-state index contributed by atoms with van der Waals surface area (Å²) in [5.41, 5.74) is 8.45. The minimum absolute atomic E-state index is 0.638. The molecule has 0 atom stereocenters. The van der Waals surface area contributed by atoms with Crippen LogP contribution in [0.15, 0.2) is 108 Å². The van der Waals surface area contributed by atoms with E-state index in [1.54, 1.807) is 0 Å². The topological polar surface area (TPSA) is 38.7 Å². The van der Waals surface area contributed by atoms with Gasteiger partial charge in [-0.05, 0) is 34.4 Å². The third-order valence-electron chi connectivity index (χ3n) is 5.90. The zero-order valence-electron chi connectivity index (χ0n) is 17.7. The van der Waals surface area contributed by atoms with Crippen molar-refractivity contribution in [2.75, 3.05) is 0 Å². The lowest BCUT2D eigenvalue weighted by atomic mass is 9.98. The molecule has 4 aromatic carbocycles. The van der Waals surface area contributed by atoms with E-state index in [1.807, 2.05) is 54.6 Å². The van der Waals surface area contributed by atoms with Gasteiger partial charge in [0.25, 0.3) is 0 Å². The zero-order chi connectivity index (χ0) is 22.4. The van der Waals surface area contributed by atoms with E-state index in [4.69, 9.17) is 15.0 Å². The predicted molar refractivity (Wildman–Crippen MR) is 137 cm³/mol. The number of fused-ring (bicyclic) bond motifs is 3. The first kappa shape index (κ1) is 19.8. The average Bonchev–Trinajstić information content (AvgIpc) is 3.17. The minimum atomic E-state index is 0.638. The molecule has 3 nitrogen and oxygen atoms in total. The van der Waals surface area contributed by atoms with Crippen LogP contribution in [0, 0.1) is 0 Å². The van der Waals surface area contributed by atoms with Crippen LogP contribution in [0.3, 0.4) is 0 Å². The smallest absolute Gasteiger partial charge is 0.164 e. The van der Waals surface area contributed by atoms with E-state index in [1.165, 1.54) is 11.1 Å². The van der Waals surface area contributed by atoms with Crippen LogP contribution in [0.25, 0.3) is 50.9 Å². The van der Waals surface area contributed by atoms with E-state index < -0.39 is 0 Å². The second kappa shape index (κ2) is 7.91. The minimum Gasteiger partial charge on any atom is -0.208 e.